The van der Waals surface area contributed by atoms with Crippen molar-refractivity contribution >= 4 is 5.91 Å². The molecule has 0 bridgehead atoms. The van der Waals surface area contributed by atoms with Crippen molar-refractivity contribution in [1.29, 1.82) is 0 Å². The van der Waals surface area contributed by atoms with Gasteiger partial charge in [-0.15, -0.1) is 0 Å². The Kier molecular flexibility index (Phi) is 7.21. The van der Waals surface area contributed by atoms with Crippen molar-refractivity contribution in [2.24, 2.45) is 0 Å². The Bertz CT molecular complexity index is 1560. The smallest absolute Gasteiger partial charge is 0.272 e. The molecule has 0 saturated carbocycles. The summed E-state index contributed by atoms with van der Waals surface area (Å²) in [4.78, 5) is 18.1. The van der Waals surface area contributed by atoms with E-state index in [2.05, 4.69) is 58.5 Å². The third kappa shape index (κ3) is 5.16. The summed E-state index contributed by atoms with van der Waals surface area (Å²) in [5.74, 6) is -1.01. The zero-order valence-corrected chi connectivity index (χ0v) is 21.8. The van der Waals surface area contributed by atoms with Crippen molar-refractivity contribution in [3.8, 4) is 16.9 Å². The van der Waals surface area contributed by atoms with Gasteiger partial charge in [-0.25, -0.2) is 13.5 Å². The first-order valence-electron chi connectivity index (χ1n) is 13.3. The van der Waals surface area contributed by atoms with Crippen LogP contribution in [0.5, 0.6) is 0 Å². The van der Waals surface area contributed by atoms with E-state index in [4.69, 9.17) is 0 Å². The highest BCUT2D eigenvalue weighted by Gasteiger charge is 2.30. The zero-order chi connectivity index (χ0) is 27.5. The zero-order valence-electron chi connectivity index (χ0n) is 21.8. The molecule has 6 rings (SSSR count). The maximum atomic E-state index is 14.6. The summed E-state index contributed by atoms with van der Waals surface area (Å²) in [5.41, 5.74) is 3.89. The molecule has 40 heavy (non-hydrogen) atoms. The third-order valence-electron chi connectivity index (χ3n) is 7.35. The van der Waals surface area contributed by atoms with Crippen LogP contribution in [0.3, 0.4) is 0 Å². The number of benzene rings is 4. The van der Waals surface area contributed by atoms with E-state index in [1.165, 1.54) is 34.0 Å². The molecule has 1 aliphatic heterocycles. The predicted molar refractivity (Wildman–Crippen MR) is 151 cm³/mol. The molecule has 7 heteroatoms. The van der Waals surface area contributed by atoms with Gasteiger partial charge in [0.1, 0.15) is 17.3 Å². The third-order valence-corrected chi connectivity index (χ3v) is 7.35. The summed E-state index contributed by atoms with van der Waals surface area (Å²) < 4.78 is 29.8. The lowest BCUT2D eigenvalue weighted by molar-refractivity contribution is 0.0588. The molecule has 2 heterocycles. The average molecular weight is 535 g/mol. The van der Waals surface area contributed by atoms with Crippen LogP contribution in [-0.2, 0) is 0 Å². The number of piperazine rings is 1. The molecular weight excluding hydrogens is 506 g/mol. The van der Waals surface area contributed by atoms with E-state index in [0.717, 1.165) is 0 Å². The molecule has 1 aromatic heterocycles. The molecule has 0 atom stereocenters. The quantitative estimate of drug-likeness (QED) is 0.254. The lowest BCUT2D eigenvalue weighted by atomic mass is 9.96. The molecular formula is C33H28F2N4O. The van der Waals surface area contributed by atoms with Crippen LogP contribution < -0.4 is 0 Å². The Morgan fingerprint density at radius 1 is 0.700 bits per heavy atom. The van der Waals surface area contributed by atoms with Gasteiger partial charge in [0.25, 0.3) is 5.91 Å². The van der Waals surface area contributed by atoms with Gasteiger partial charge in [-0.1, -0.05) is 72.8 Å². The number of amides is 1. The van der Waals surface area contributed by atoms with Crippen LogP contribution in [0, 0.1) is 11.6 Å². The minimum atomic E-state index is -0.424. The molecule has 5 nitrogen and oxygen atoms in total. The number of hydrogen-bond donors (Lipinski definition) is 0. The number of aromatic nitrogens is 2. The van der Waals surface area contributed by atoms with Crippen molar-refractivity contribution in [3.63, 3.8) is 0 Å². The van der Waals surface area contributed by atoms with E-state index >= 15 is 0 Å². The molecule has 0 unspecified atom stereocenters. The normalized spacial score (nSPS) is 14.0. The lowest BCUT2D eigenvalue weighted by Gasteiger charge is -2.39. The van der Waals surface area contributed by atoms with Crippen LogP contribution in [0.1, 0.15) is 27.7 Å². The molecule has 0 spiro atoms. The highest BCUT2D eigenvalue weighted by molar-refractivity contribution is 5.94. The van der Waals surface area contributed by atoms with Crippen molar-refractivity contribution in [1.82, 2.24) is 19.6 Å². The minimum Gasteiger partial charge on any atom is -0.335 e. The number of hydrogen-bond acceptors (Lipinski definition) is 3. The van der Waals surface area contributed by atoms with Crippen LogP contribution in [0.2, 0.25) is 0 Å². The standard InChI is InChI=1S/C33H28F2N4O/c34-26-15-17-27(18-16-26)39-31(23-30(36-39)28-13-7-8-14-29(28)35)33(40)38-21-19-37(20-22-38)32(24-9-3-1-4-10-24)25-11-5-2-6-12-25/h1-18,23,32H,19-22H2. The summed E-state index contributed by atoms with van der Waals surface area (Å²) in [6.07, 6.45) is 0. The van der Waals surface area contributed by atoms with Gasteiger partial charge in [0.2, 0.25) is 0 Å². The second-order valence-corrected chi connectivity index (χ2v) is 9.83. The van der Waals surface area contributed by atoms with Crippen molar-refractivity contribution in [2.75, 3.05) is 26.2 Å². The molecule has 1 fully saturated rings. The monoisotopic (exact) mass is 534 g/mol. The van der Waals surface area contributed by atoms with Gasteiger partial charge in [-0.2, -0.15) is 5.10 Å². The molecule has 200 valence electrons. The first-order valence-corrected chi connectivity index (χ1v) is 13.3. The molecule has 1 saturated heterocycles. The average Bonchev–Trinajstić information content (AvgIpc) is 3.44. The number of rotatable bonds is 6. The van der Waals surface area contributed by atoms with Crippen LogP contribution in [0.15, 0.2) is 115 Å². The summed E-state index contributed by atoms with van der Waals surface area (Å²) in [6.45, 7) is 2.42. The molecule has 0 radical (unpaired) electrons. The van der Waals surface area contributed by atoms with Gasteiger partial charge in [-0.05, 0) is 53.6 Å². The van der Waals surface area contributed by atoms with E-state index in [1.54, 1.807) is 36.4 Å². The summed E-state index contributed by atoms with van der Waals surface area (Å²) >= 11 is 0. The Hall–Kier alpha value is -4.62. The largest absolute Gasteiger partial charge is 0.335 e. The van der Waals surface area contributed by atoms with Crippen molar-refractivity contribution < 1.29 is 13.6 Å². The number of halogens is 2. The maximum absolute atomic E-state index is 14.6. The summed E-state index contributed by atoms with van der Waals surface area (Å²) in [5, 5.41) is 4.58. The fraction of sp³-hybridized carbons (Fsp3) is 0.152. The second-order valence-electron chi connectivity index (χ2n) is 9.83. The highest BCUT2D eigenvalue weighted by Crippen LogP contribution is 2.30. The second kappa shape index (κ2) is 11.2. The van der Waals surface area contributed by atoms with Gasteiger partial charge in [0, 0.05) is 31.7 Å². The fourth-order valence-corrected chi connectivity index (χ4v) is 5.34. The van der Waals surface area contributed by atoms with Crippen LogP contribution in [0.4, 0.5) is 8.78 Å². The molecule has 1 amide bonds. The molecule has 1 aliphatic rings. The minimum absolute atomic E-state index is 0.0806. The van der Waals surface area contributed by atoms with E-state index in [1.807, 2.05) is 17.0 Å². The summed E-state index contributed by atoms with van der Waals surface area (Å²) in [6, 6.07) is 34.6. The molecule has 4 aromatic carbocycles. The summed E-state index contributed by atoms with van der Waals surface area (Å²) in [7, 11) is 0. The van der Waals surface area contributed by atoms with Gasteiger partial charge in [0.05, 0.1) is 17.4 Å². The van der Waals surface area contributed by atoms with Gasteiger partial charge in [0.15, 0.2) is 0 Å². The van der Waals surface area contributed by atoms with E-state index in [-0.39, 0.29) is 17.8 Å². The Balaban J connectivity index is 1.28. The Labute approximate surface area is 231 Å². The molecule has 5 aromatic rings. The Morgan fingerprint density at radius 3 is 1.88 bits per heavy atom. The predicted octanol–water partition coefficient (Wildman–Crippen LogP) is 6.36. The van der Waals surface area contributed by atoms with Gasteiger partial charge >= 0.3 is 0 Å². The fourth-order valence-electron chi connectivity index (χ4n) is 5.34. The number of carbonyl (C=O) groups is 1. The Morgan fingerprint density at radius 2 is 1.27 bits per heavy atom. The first kappa shape index (κ1) is 25.6. The number of nitrogens with zero attached hydrogens (tertiary/aromatic N) is 4. The van der Waals surface area contributed by atoms with E-state index in [0.29, 0.717) is 48.8 Å². The highest BCUT2D eigenvalue weighted by atomic mass is 19.1. The van der Waals surface area contributed by atoms with Crippen LogP contribution in [-0.4, -0.2) is 51.7 Å². The maximum Gasteiger partial charge on any atom is 0.272 e. The molecule has 0 aliphatic carbocycles. The first-order chi connectivity index (χ1) is 19.6. The molecule has 0 N–H and O–H groups in total. The van der Waals surface area contributed by atoms with Gasteiger partial charge < -0.3 is 4.90 Å². The van der Waals surface area contributed by atoms with Crippen LogP contribution in [0.25, 0.3) is 16.9 Å². The topological polar surface area (TPSA) is 41.4 Å². The lowest BCUT2D eigenvalue weighted by Crippen LogP contribution is -2.50. The van der Waals surface area contributed by atoms with Crippen molar-refractivity contribution in [2.45, 2.75) is 6.04 Å². The van der Waals surface area contributed by atoms with Gasteiger partial charge in [-0.3, -0.25) is 9.69 Å². The van der Waals surface area contributed by atoms with Crippen LogP contribution >= 0.6 is 0 Å². The van der Waals surface area contributed by atoms with E-state index in [9.17, 15) is 13.6 Å². The SMILES string of the molecule is O=C(c1cc(-c2ccccc2F)nn1-c1ccc(F)cc1)N1CCN(C(c2ccccc2)c2ccccc2)CC1. The van der Waals surface area contributed by atoms with E-state index < -0.39 is 5.82 Å². The van der Waals surface area contributed by atoms with Crippen molar-refractivity contribution in [3.05, 3.63) is 144 Å². The number of carbonyl (C=O) groups excluding carboxylic acids is 1.